The molecule has 1 heterocycles. The molecular weight excluding hydrogens is 393 g/mol. The molecule has 29 heavy (non-hydrogen) atoms. The van der Waals surface area contributed by atoms with Crippen molar-refractivity contribution in [2.75, 3.05) is 30.3 Å². The molecule has 3 rings (SSSR count). The largest absolute Gasteiger partial charge is 0.376 e. The van der Waals surface area contributed by atoms with Crippen LogP contribution in [0.4, 0.5) is 15.8 Å². The second-order valence-electron chi connectivity index (χ2n) is 7.56. The summed E-state index contributed by atoms with van der Waals surface area (Å²) in [6.07, 6.45) is 2.21. The molecule has 2 amide bonds. The summed E-state index contributed by atoms with van der Waals surface area (Å²) in [7, 11) is 0. The number of aryl methyl sites for hydroxylation is 1. The normalized spacial score (nSPS) is 16.4. The van der Waals surface area contributed by atoms with E-state index in [1.807, 2.05) is 24.0 Å². The summed E-state index contributed by atoms with van der Waals surface area (Å²) in [5.41, 5.74) is 2.75. The minimum absolute atomic E-state index is 0.0345. The minimum Gasteiger partial charge on any atom is -0.376 e. The van der Waals surface area contributed by atoms with E-state index in [4.69, 9.17) is 11.6 Å². The molecule has 0 aliphatic carbocycles. The van der Waals surface area contributed by atoms with E-state index in [0.29, 0.717) is 17.2 Å². The number of nitrogens with zero attached hydrogens (tertiary/aromatic N) is 1. The molecule has 7 heteroatoms. The van der Waals surface area contributed by atoms with E-state index in [1.165, 1.54) is 18.2 Å². The van der Waals surface area contributed by atoms with Gasteiger partial charge < -0.3 is 15.5 Å². The van der Waals surface area contributed by atoms with Crippen molar-refractivity contribution in [2.45, 2.75) is 26.7 Å². The number of nitrogens with one attached hydrogen (secondary N) is 2. The van der Waals surface area contributed by atoms with Crippen molar-refractivity contribution in [3.8, 4) is 0 Å². The average Bonchev–Trinajstić information content (AvgIpc) is 2.69. The van der Waals surface area contributed by atoms with E-state index < -0.39 is 5.82 Å². The molecule has 0 aromatic heterocycles. The van der Waals surface area contributed by atoms with E-state index >= 15 is 0 Å². The summed E-state index contributed by atoms with van der Waals surface area (Å²) in [5, 5.41) is 5.68. The summed E-state index contributed by atoms with van der Waals surface area (Å²) in [4.78, 5) is 26.8. The molecule has 2 aromatic rings. The first-order valence-corrected chi connectivity index (χ1v) is 10.1. The molecule has 1 atom stereocenters. The fourth-order valence-corrected chi connectivity index (χ4v) is 3.69. The Morgan fingerprint density at radius 3 is 2.72 bits per heavy atom. The molecule has 2 aromatic carbocycles. The van der Waals surface area contributed by atoms with Crippen molar-refractivity contribution in [3.05, 3.63) is 58.4 Å². The molecule has 1 fully saturated rings. The first-order valence-electron chi connectivity index (χ1n) is 9.72. The van der Waals surface area contributed by atoms with Gasteiger partial charge in [0.25, 0.3) is 5.91 Å². The Morgan fingerprint density at radius 1 is 1.24 bits per heavy atom. The van der Waals surface area contributed by atoms with Crippen LogP contribution in [0.1, 0.15) is 35.7 Å². The van der Waals surface area contributed by atoms with Crippen molar-refractivity contribution in [2.24, 2.45) is 5.92 Å². The van der Waals surface area contributed by atoms with Gasteiger partial charge in [0.2, 0.25) is 5.91 Å². The van der Waals surface area contributed by atoms with Crippen LogP contribution < -0.4 is 10.6 Å². The van der Waals surface area contributed by atoms with E-state index in [2.05, 4.69) is 17.6 Å². The third kappa shape index (κ3) is 5.48. The monoisotopic (exact) mass is 417 g/mol. The number of likely N-dealkylation sites (tertiary alicyclic amines) is 1. The molecule has 1 saturated heterocycles. The molecule has 2 N–H and O–H groups in total. The number of piperidine rings is 1. The van der Waals surface area contributed by atoms with Crippen LogP contribution in [0.5, 0.6) is 0 Å². The minimum atomic E-state index is -0.535. The SMILES string of the molecule is Cc1cc(C(=O)N2CCCC(C)C2)ccc1NCC(=O)Nc1ccc(F)c(Cl)c1. The van der Waals surface area contributed by atoms with Crippen LogP contribution >= 0.6 is 11.6 Å². The zero-order valence-corrected chi connectivity index (χ0v) is 17.4. The van der Waals surface area contributed by atoms with Gasteiger partial charge in [0, 0.05) is 30.0 Å². The molecule has 0 radical (unpaired) electrons. The number of rotatable bonds is 5. The molecule has 0 spiro atoms. The second kappa shape index (κ2) is 9.27. The van der Waals surface area contributed by atoms with Crippen molar-refractivity contribution < 1.29 is 14.0 Å². The van der Waals surface area contributed by atoms with Crippen LogP contribution in [0.25, 0.3) is 0 Å². The number of hydrogen-bond acceptors (Lipinski definition) is 3. The smallest absolute Gasteiger partial charge is 0.253 e. The van der Waals surface area contributed by atoms with Gasteiger partial charge >= 0.3 is 0 Å². The highest BCUT2D eigenvalue weighted by Crippen LogP contribution is 2.22. The number of amides is 2. The molecular formula is C22H25ClFN3O2. The first-order chi connectivity index (χ1) is 13.8. The van der Waals surface area contributed by atoms with Gasteiger partial charge in [-0.2, -0.15) is 0 Å². The lowest BCUT2D eigenvalue weighted by Gasteiger charge is -2.31. The molecule has 0 bridgehead atoms. The van der Waals surface area contributed by atoms with Gasteiger partial charge in [0.1, 0.15) is 5.82 Å². The van der Waals surface area contributed by atoms with Crippen LogP contribution in [0, 0.1) is 18.7 Å². The predicted octanol–water partition coefficient (Wildman–Crippen LogP) is 4.71. The van der Waals surface area contributed by atoms with E-state index in [9.17, 15) is 14.0 Å². The third-order valence-electron chi connectivity index (χ3n) is 5.06. The Morgan fingerprint density at radius 2 is 2.03 bits per heavy atom. The van der Waals surface area contributed by atoms with Crippen LogP contribution in [-0.4, -0.2) is 36.3 Å². The van der Waals surface area contributed by atoms with Gasteiger partial charge in [-0.05, 0) is 67.6 Å². The quantitative estimate of drug-likeness (QED) is 0.740. The number of benzene rings is 2. The lowest BCUT2D eigenvalue weighted by molar-refractivity contribution is -0.114. The maximum Gasteiger partial charge on any atom is 0.253 e. The highest BCUT2D eigenvalue weighted by atomic mass is 35.5. The Kier molecular flexibility index (Phi) is 6.75. The lowest BCUT2D eigenvalue weighted by atomic mass is 9.99. The third-order valence-corrected chi connectivity index (χ3v) is 5.35. The fraction of sp³-hybridized carbons (Fsp3) is 0.364. The molecule has 154 valence electrons. The van der Waals surface area contributed by atoms with Gasteiger partial charge in [0.05, 0.1) is 11.6 Å². The first kappa shape index (κ1) is 21.1. The van der Waals surface area contributed by atoms with Gasteiger partial charge in [-0.3, -0.25) is 9.59 Å². The van der Waals surface area contributed by atoms with E-state index in [1.54, 1.807) is 6.07 Å². The summed E-state index contributed by atoms with van der Waals surface area (Å²) in [6.45, 7) is 5.70. The fourth-order valence-electron chi connectivity index (χ4n) is 3.51. The topological polar surface area (TPSA) is 61.4 Å². The Bertz CT molecular complexity index is 919. The summed E-state index contributed by atoms with van der Waals surface area (Å²) in [5.74, 6) is -0.233. The summed E-state index contributed by atoms with van der Waals surface area (Å²) >= 11 is 5.72. The average molecular weight is 418 g/mol. The van der Waals surface area contributed by atoms with Crippen molar-refractivity contribution in [3.63, 3.8) is 0 Å². The summed E-state index contributed by atoms with van der Waals surface area (Å²) in [6, 6.07) is 9.47. The number of carbonyl (C=O) groups is 2. The van der Waals surface area contributed by atoms with Gasteiger partial charge in [0.15, 0.2) is 0 Å². The Labute approximate surface area is 175 Å². The molecule has 1 aliphatic rings. The number of carbonyl (C=O) groups excluding carboxylic acids is 2. The van der Waals surface area contributed by atoms with E-state index in [-0.39, 0.29) is 23.4 Å². The highest BCUT2D eigenvalue weighted by Gasteiger charge is 2.22. The molecule has 1 unspecified atom stereocenters. The van der Waals surface area contributed by atoms with Crippen molar-refractivity contribution in [1.29, 1.82) is 0 Å². The lowest BCUT2D eigenvalue weighted by Crippen LogP contribution is -2.39. The maximum absolute atomic E-state index is 13.2. The second-order valence-corrected chi connectivity index (χ2v) is 7.97. The molecule has 5 nitrogen and oxygen atoms in total. The van der Waals surface area contributed by atoms with Crippen molar-refractivity contribution >= 4 is 34.8 Å². The van der Waals surface area contributed by atoms with Crippen LogP contribution in [0.15, 0.2) is 36.4 Å². The van der Waals surface area contributed by atoms with Gasteiger partial charge in [-0.25, -0.2) is 4.39 Å². The number of halogens is 2. The van der Waals surface area contributed by atoms with Crippen LogP contribution in [0.3, 0.4) is 0 Å². The highest BCUT2D eigenvalue weighted by molar-refractivity contribution is 6.31. The number of anilines is 2. The zero-order valence-electron chi connectivity index (χ0n) is 16.6. The van der Waals surface area contributed by atoms with Crippen LogP contribution in [0.2, 0.25) is 5.02 Å². The standard InChI is InChI=1S/C22H25ClFN3O2/c1-14-4-3-9-27(13-14)22(29)16-5-8-20(15(2)10-16)25-12-21(28)26-17-6-7-19(24)18(23)11-17/h5-8,10-11,14,25H,3-4,9,12-13H2,1-2H3,(H,26,28). The predicted molar refractivity (Wildman–Crippen MR) is 114 cm³/mol. The van der Waals surface area contributed by atoms with Crippen molar-refractivity contribution in [1.82, 2.24) is 4.90 Å². The van der Waals surface area contributed by atoms with Gasteiger partial charge in [-0.15, -0.1) is 0 Å². The zero-order chi connectivity index (χ0) is 21.0. The van der Waals surface area contributed by atoms with Crippen LogP contribution in [-0.2, 0) is 4.79 Å². The molecule has 0 saturated carbocycles. The van der Waals surface area contributed by atoms with E-state index in [0.717, 1.165) is 37.2 Å². The number of hydrogen-bond donors (Lipinski definition) is 2. The summed E-state index contributed by atoms with van der Waals surface area (Å²) < 4.78 is 13.2. The maximum atomic E-state index is 13.2. The Hall–Kier alpha value is -2.60. The molecule has 1 aliphatic heterocycles. The Balaban J connectivity index is 1.58. The van der Waals surface area contributed by atoms with Gasteiger partial charge in [-0.1, -0.05) is 18.5 Å².